The van der Waals surface area contributed by atoms with Gasteiger partial charge in [0.05, 0.1) is 0 Å². The molecule has 0 spiro atoms. The van der Waals surface area contributed by atoms with Crippen molar-refractivity contribution in [2.24, 2.45) is 11.8 Å². The third kappa shape index (κ3) is 5.21. The van der Waals surface area contributed by atoms with Crippen LogP contribution in [-0.4, -0.2) is 19.1 Å². The first kappa shape index (κ1) is 12.3. The van der Waals surface area contributed by atoms with Gasteiger partial charge in [-0.3, -0.25) is 0 Å². The van der Waals surface area contributed by atoms with Crippen molar-refractivity contribution >= 4 is 11.6 Å². The van der Waals surface area contributed by atoms with Gasteiger partial charge in [0.25, 0.3) is 0 Å². The van der Waals surface area contributed by atoms with E-state index in [1.165, 1.54) is 25.7 Å². The monoisotopic (exact) mass is 218 g/mol. The fraction of sp³-hybridized carbons (Fsp3) is 1.00. The first-order chi connectivity index (χ1) is 6.83. The maximum absolute atomic E-state index is 5.66. The Labute approximate surface area is 93.2 Å². The predicted molar refractivity (Wildman–Crippen MR) is 61.9 cm³/mol. The van der Waals surface area contributed by atoms with Gasteiger partial charge in [-0.25, -0.2) is 0 Å². The highest BCUT2D eigenvalue weighted by Gasteiger charge is 2.16. The van der Waals surface area contributed by atoms with E-state index in [-0.39, 0.29) is 0 Å². The molecule has 0 aromatic heterocycles. The zero-order valence-corrected chi connectivity index (χ0v) is 10.1. The Hall–Kier alpha value is 0.250. The number of rotatable bonds is 8. The molecule has 0 saturated heterocycles. The van der Waals surface area contributed by atoms with Gasteiger partial charge in [-0.15, -0.1) is 11.6 Å². The molecule has 14 heavy (non-hydrogen) atoms. The average Bonchev–Trinajstić information content (AvgIpc) is 2.08. The number of ether oxygens (including phenoxy) is 1. The average molecular weight is 219 g/mol. The Bertz CT molecular complexity index is 134. The molecule has 84 valence electrons. The molecule has 1 nitrogen and oxygen atoms in total. The largest absolute Gasteiger partial charge is 0.381 e. The van der Waals surface area contributed by atoms with Gasteiger partial charge >= 0.3 is 0 Å². The van der Waals surface area contributed by atoms with Gasteiger partial charge in [0.15, 0.2) is 0 Å². The molecule has 0 heterocycles. The number of halogens is 1. The molecule has 0 aromatic rings. The van der Waals surface area contributed by atoms with E-state index in [4.69, 9.17) is 16.3 Å². The number of hydrogen-bond acceptors (Lipinski definition) is 1. The summed E-state index contributed by atoms with van der Waals surface area (Å²) < 4.78 is 5.61. The summed E-state index contributed by atoms with van der Waals surface area (Å²) in [6.07, 6.45) is 7.88. The lowest BCUT2D eigenvalue weighted by atomic mass is 9.83. The lowest BCUT2D eigenvalue weighted by Gasteiger charge is -2.24. The fourth-order valence-corrected chi connectivity index (χ4v) is 2.12. The minimum atomic E-state index is 0.719. The standard InChI is InChI=1S/C12H23ClO/c1-11(5-8-13)6-9-14-10-7-12-3-2-4-12/h11-12H,2-10H2,1H3. The van der Waals surface area contributed by atoms with Crippen LogP contribution in [0.25, 0.3) is 0 Å². The second-order valence-corrected chi connectivity index (χ2v) is 4.95. The summed E-state index contributed by atoms with van der Waals surface area (Å²) in [4.78, 5) is 0. The van der Waals surface area contributed by atoms with Gasteiger partial charge in [0, 0.05) is 19.1 Å². The molecule has 1 rings (SSSR count). The Morgan fingerprint density at radius 3 is 2.64 bits per heavy atom. The molecule has 1 fully saturated rings. The van der Waals surface area contributed by atoms with E-state index < -0.39 is 0 Å². The van der Waals surface area contributed by atoms with E-state index in [9.17, 15) is 0 Å². The molecular formula is C12H23ClO. The minimum absolute atomic E-state index is 0.719. The van der Waals surface area contributed by atoms with E-state index in [0.29, 0.717) is 0 Å². The Morgan fingerprint density at radius 2 is 2.07 bits per heavy atom. The summed E-state index contributed by atoms with van der Waals surface area (Å²) in [5, 5.41) is 0. The third-order valence-electron chi connectivity index (χ3n) is 3.25. The van der Waals surface area contributed by atoms with Gasteiger partial charge in [-0.2, -0.15) is 0 Å². The first-order valence-electron chi connectivity index (χ1n) is 5.96. The number of alkyl halides is 1. The smallest absolute Gasteiger partial charge is 0.0468 e. The molecular weight excluding hydrogens is 196 g/mol. The summed E-state index contributed by atoms with van der Waals surface area (Å²) >= 11 is 5.66. The highest BCUT2D eigenvalue weighted by molar-refractivity contribution is 6.17. The topological polar surface area (TPSA) is 9.23 Å². The summed E-state index contributed by atoms with van der Waals surface area (Å²) in [6, 6.07) is 0. The fourth-order valence-electron chi connectivity index (χ4n) is 1.75. The first-order valence-corrected chi connectivity index (χ1v) is 6.50. The van der Waals surface area contributed by atoms with Crippen LogP contribution in [0.2, 0.25) is 0 Å². The number of hydrogen-bond donors (Lipinski definition) is 0. The summed E-state index contributed by atoms with van der Waals surface area (Å²) in [5.41, 5.74) is 0. The molecule has 0 aromatic carbocycles. The minimum Gasteiger partial charge on any atom is -0.381 e. The van der Waals surface area contributed by atoms with Gasteiger partial charge in [0.2, 0.25) is 0 Å². The van der Waals surface area contributed by atoms with Crippen LogP contribution in [0.15, 0.2) is 0 Å². The van der Waals surface area contributed by atoms with Crippen LogP contribution in [0.3, 0.4) is 0 Å². The Kier molecular flexibility index (Phi) is 6.63. The molecule has 0 bridgehead atoms. The third-order valence-corrected chi connectivity index (χ3v) is 3.47. The van der Waals surface area contributed by atoms with E-state index >= 15 is 0 Å². The van der Waals surface area contributed by atoms with Crippen molar-refractivity contribution in [3.63, 3.8) is 0 Å². The van der Waals surface area contributed by atoms with Gasteiger partial charge in [-0.05, 0) is 31.1 Å². The predicted octanol–water partition coefficient (Wildman–Crippen LogP) is 3.85. The summed E-state index contributed by atoms with van der Waals surface area (Å²) in [7, 11) is 0. The van der Waals surface area contributed by atoms with Gasteiger partial charge < -0.3 is 4.74 Å². The van der Waals surface area contributed by atoms with Crippen LogP contribution in [0.1, 0.15) is 45.4 Å². The van der Waals surface area contributed by atoms with Gasteiger partial charge in [0.1, 0.15) is 0 Å². The van der Waals surface area contributed by atoms with Crippen molar-refractivity contribution in [1.82, 2.24) is 0 Å². The van der Waals surface area contributed by atoms with Crippen molar-refractivity contribution in [3.8, 4) is 0 Å². The van der Waals surface area contributed by atoms with E-state index in [0.717, 1.165) is 43.8 Å². The zero-order valence-electron chi connectivity index (χ0n) is 9.30. The SMILES string of the molecule is CC(CCCl)CCOCCC1CCC1. The Morgan fingerprint density at radius 1 is 1.29 bits per heavy atom. The van der Waals surface area contributed by atoms with E-state index in [2.05, 4.69) is 6.92 Å². The molecule has 1 aliphatic carbocycles. The molecule has 0 amide bonds. The van der Waals surface area contributed by atoms with Crippen LogP contribution in [0.4, 0.5) is 0 Å². The zero-order chi connectivity index (χ0) is 10.2. The molecule has 0 N–H and O–H groups in total. The van der Waals surface area contributed by atoms with Crippen LogP contribution in [-0.2, 0) is 4.74 Å². The maximum atomic E-state index is 5.66. The second-order valence-electron chi connectivity index (χ2n) is 4.57. The molecule has 1 aliphatic rings. The molecule has 0 radical (unpaired) electrons. The summed E-state index contributed by atoms with van der Waals surface area (Å²) in [5.74, 6) is 2.48. The van der Waals surface area contributed by atoms with Crippen molar-refractivity contribution < 1.29 is 4.74 Å². The highest BCUT2D eigenvalue weighted by atomic mass is 35.5. The maximum Gasteiger partial charge on any atom is 0.0468 e. The molecule has 1 unspecified atom stereocenters. The molecule has 1 atom stereocenters. The quantitative estimate of drug-likeness (QED) is 0.444. The lowest BCUT2D eigenvalue weighted by molar-refractivity contribution is 0.0969. The molecule has 2 heteroatoms. The molecule has 0 aliphatic heterocycles. The van der Waals surface area contributed by atoms with Crippen molar-refractivity contribution in [1.29, 1.82) is 0 Å². The van der Waals surface area contributed by atoms with Crippen LogP contribution >= 0.6 is 11.6 Å². The van der Waals surface area contributed by atoms with Crippen molar-refractivity contribution in [3.05, 3.63) is 0 Å². The van der Waals surface area contributed by atoms with Crippen molar-refractivity contribution in [2.75, 3.05) is 19.1 Å². The second kappa shape index (κ2) is 7.53. The summed E-state index contributed by atoms with van der Waals surface area (Å²) in [6.45, 7) is 4.14. The van der Waals surface area contributed by atoms with Crippen molar-refractivity contribution in [2.45, 2.75) is 45.4 Å². The van der Waals surface area contributed by atoms with Crippen LogP contribution in [0, 0.1) is 11.8 Å². The highest BCUT2D eigenvalue weighted by Crippen LogP contribution is 2.29. The van der Waals surface area contributed by atoms with Crippen LogP contribution < -0.4 is 0 Å². The Balaban J connectivity index is 1.78. The molecule has 1 saturated carbocycles. The van der Waals surface area contributed by atoms with Gasteiger partial charge in [-0.1, -0.05) is 26.2 Å². The lowest BCUT2D eigenvalue weighted by Crippen LogP contribution is -2.14. The normalized spacial score (nSPS) is 19.3. The van der Waals surface area contributed by atoms with E-state index in [1.54, 1.807) is 0 Å². The van der Waals surface area contributed by atoms with E-state index in [1.807, 2.05) is 0 Å². The van der Waals surface area contributed by atoms with Crippen LogP contribution in [0.5, 0.6) is 0 Å².